The van der Waals surface area contributed by atoms with Crippen LogP contribution in [-0.4, -0.2) is 46.3 Å². The second-order valence-electron chi connectivity index (χ2n) is 7.05. The summed E-state index contributed by atoms with van der Waals surface area (Å²) < 4.78 is 0. The second-order valence-corrected chi connectivity index (χ2v) is 7.05. The maximum atomic E-state index is 12.0. The lowest BCUT2D eigenvalue weighted by Crippen LogP contribution is -2.41. The molecule has 2 aromatic rings. The van der Waals surface area contributed by atoms with Gasteiger partial charge in [0.05, 0.1) is 4.92 Å². The number of likely N-dealkylation sites (tertiary alicyclic amines) is 1. The highest BCUT2D eigenvalue weighted by Crippen LogP contribution is 2.19. The molecular formula is C20H23N5O4. The number of nitrogens with zero attached hydrogens (tertiary/aromatic N) is 3. The molecule has 9 heteroatoms. The third kappa shape index (κ3) is 6.08. The van der Waals surface area contributed by atoms with Gasteiger partial charge < -0.3 is 10.6 Å². The molecular weight excluding hydrogens is 374 g/mol. The van der Waals surface area contributed by atoms with E-state index in [0.717, 1.165) is 32.5 Å². The lowest BCUT2D eigenvalue weighted by atomic mass is 9.96. The standard InChI is InChI=1S/C20H23N5O4/c26-19(20(27)23-17-2-1-3-18(12-17)25(28)29)22-13-15-6-10-24(11-7-15)14-16-4-8-21-9-5-16/h1-5,8-9,12,15H,6-7,10-11,13-14H2,(H,22,26)(H,23,27). The second kappa shape index (κ2) is 9.74. The number of pyridine rings is 1. The molecule has 2 amide bonds. The average Bonchev–Trinajstić information content (AvgIpc) is 2.74. The van der Waals surface area contributed by atoms with Crippen LogP contribution in [0.5, 0.6) is 0 Å². The first kappa shape index (κ1) is 20.4. The fourth-order valence-electron chi connectivity index (χ4n) is 3.30. The number of nitrogens with one attached hydrogen (secondary N) is 2. The van der Waals surface area contributed by atoms with Gasteiger partial charge in [-0.2, -0.15) is 0 Å². The van der Waals surface area contributed by atoms with E-state index in [1.165, 1.54) is 29.8 Å². The third-order valence-electron chi connectivity index (χ3n) is 4.94. The Kier molecular flexibility index (Phi) is 6.85. The quantitative estimate of drug-likeness (QED) is 0.437. The number of non-ortho nitro benzene ring substituents is 1. The predicted molar refractivity (Wildman–Crippen MR) is 107 cm³/mol. The van der Waals surface area contributed by atoms with Gasteiger partial charge in [0.2, 0.25) is 0 Å². The Balaban J connectivity index is 1.40. The summed E-state index contributed by atoms with van der Waals surface area (Å²) in [6.07, 6.45) is 5.46. The van der Waals surface area contributed by atoms with E-state index < -0.39 is 16.7 Å². The summed E-state index contributed by atoms with van der Waals surface area (Å²) in [5.74, 6) is -1.26. The Morgan fingerprint density at radius 2 is 1.86 bits per heavy atom. The maximum absolute atomic E-state index is 12.0. The molecule has 29 heavy (non-hydrogen) atoms. The molecule has 0 saturated carbocycles. The van der Waals surface area contributed by atoms with Gasteiger partial charge in [-0.3, -0.25) is 29.6 Å². The first-order chi connectivity index (χ1) is 14.0. The number of anilines is 1. The van der Waals surface area contributed by atoms with Gasteiger partial charge in [-0.1, -0.05) is 6.07 Å². The maximum Gasteiger partial charge on any atom is 0.313 e. The number of hydrogen-bond acceptors (Lipinski definition) is 6. The number of piperidine rings is 1. The van der Waals surface area contributed by atoms with E-state index in [0.29, 0.717) is 12.5 Å². The average molecular weight is 397 g/mol. The summed E-state index contributed by atoms with van der Waals surface area (Å²) in [5.41, 5.74) is 1.29. The van der Waals surface area contributed by atoms with Crippen molar-refractivity contribution in [3.05, 3.63) is 64.5 Å². The van der Waals surface area contributed by atoms with E-state index in [1.54, 1.807) is 12.4 Å². The molecule has 3 rings (SSSR count). The van der Waals surface area contributed by atoms with E-state index in [4.69, 9.17) is 0 Å². The number of nitro groups is 1. The van der Waals surface area contributed by atoms with Crippen LogP contribution >= 0.6 is 0 Å². The van der Waals surface area contributed by atoms with E-state index >= 15 is 0 Å². The summed E-state index contributed by atoms with van der Waals surface area (Å²) in [6, 6.07) is 9.49. The molecule has 1 aromatic carbocycles. The molecule has 0 aliphatic carbocycles. The van der Waals surface area contributed by atoms with Crippen molar-refractivity contribution in [3.8, 4) is 0 Å². The highest BCUT2D eigenvalue weighted by Gasteiger charge is 2.21. The van der Waals surface area contributed by atoms with Gasteiger partial charge in [-0.25, -0.2) is 0 Å². The normalized spacial score (nSPS) is 14.9. The molecule has 1 aromatic heterocycles. The fourth-order valence-corrected chi connectivity index (χ4v) is 3.30. The van der Waals surface area contributed by atoms with Gasteiger partial charge in [-0.15, -0.1) is 0 Å². The topological polar surface area (TPSA) is 117 Å². The molecule has 0 spiro atoms. The predicted octanol–water partition coefficient (Wildman–Crippen LogP) is 1.96. The Hall–Kier alpha value is -3.33. The molecule has 1 saturated heterocycles. The molecule has 0 radical (unpaired) electrons. The molecule has 0 unspecified atom stereocenters. The zero-order valence-electron chi connectivity index (χ0n) is 15.9. The van der Waals surface area contributed by atoms with Crippen LogP contribution in [0.4, 0.5) is 11.4 Å². The van der Waals surface area contributed by atoms with Gasteiger partial charge in [0.1, 0.15) is 0 Å². The van der Waals surface area contributed by atoms with Crippen molar-refractivity contribution in [2.75, 3.05) is 25.0 Å². The minimum atomic E-state index is -0.833. The monoisotopic (exact) mass is 397 g/mol. The summed E-state index contributed by atoms with van der Waals surface area (Å²) in [5, 5.41) is 15.8. The van der Waals surface area contributed by atoms with Gasteiger partial charge in [0.15, 0.2) is 0 Å². The number of rotatable bonds is 6. The zero-order chi connectivity index (χ0) is 20.6. The van der Waals surface area contributed by atoms with Crippen LogP contribution in [0.15, 0.2) is 48.8 Å². The van der Waals surface area contributed by atoms with Crippen LogP contribution in [0.2, 0.25) is 0 Å². The first-order valence-corrected chi connectivity index (χ1v) is 9.46. The number of aromatic nitrogens is 1. The van der Waals surface area contributed by atoms with Crippen molar-refractivity contribution in [2.45, 2.75) is 19.4 Å². The van der Waals surface area contributed by atoms with Crippen molar-refractivity contribution in [1.82, 2.24) is 15.2 Å². The van der Waals surface area contributed by atoms with Crippen LogP contribution in [-0.2, 0) is 16.1 Å². The lowest BCUT2D eigenvalue weighted by Gasteiger charge is -2.32. The van der Waals surface area contributed by atoms with E-state index in [9.17, 15) is 19.7 Å². The Morgan fingerprint density at radius 1 is 1.14 bits per heavy atom. The lowest BCUT2D eigenvalue weighted by molar-refractivity contribution is -0.384. The number of carbonyl (C=O) groups excluding carboxylic acids is 2. The molecule has 0 atom stereocenters. The van der Waals surface area contributed by atoms with Crippen molar-refractivity contribution >= 4 is 23.2 Å². The third-order valence-corrected chi connectivity index (χ3v) is 4.94. The summed E-state index contributed by atoms with van der Waals surface area (Å²) in [6.45, 7) is 3.18. The molecule has 1 aliphatic heterocycles. The first-order valence-electron chi connectivity index (χ1n) is 9.46. The molecule has 1 fully saturated rings. The number of benzene rings is 1. The fraction of sp³-hybridized carbons (Fsp3) is 0.350. The minimum absolute atomic E-state index is 0.151. The molecule has 1 aliphatic rings. The summed E-state index contributed by atoms with van der Waals surface area (Å²) in [4.78, 5) is 40.7. The van der Waals surface area contributed by atoms with Crippen LogP contribution in [0.3, 0.4) is 0 Å². The van der Waals surface area contributed by atoms with Crippen LogP contribution < -0.4 is 10.6 Å². The van der Waals surface area contributed by atoms with Crippen LogP contribution in [0, 0.1) is 16.0 Å². The molecule has 2 heterocycles. The number of amides is 2. The van der Waals surface area contributed by atoms with Crippen molar-refractivity contribution < 1.29 is 14.5 Å². The van der Waals surface area contributed by atoms with Gasteiger partial charge >= 0.3 is 11.8 Å². The smallest absolute Gasteiger partial charge is 0.313 e. The largest absolute Gasteiger partial charge is 0.348 e. The zero-order valence-corrected chi connectivity index (χ0v) is 15.9. The molecule has 2 N–H and O–H groups in total. The number of carbonyl (C=O) groups is 2. The van der Waals surface area contributed by atoms with Gasteiger partial charge in [0, 0.05) is 43.3 Å². The summed E-state index contributed by atoms with van der Waals surface area (Å²) >= 11 is 0. The number of nitro benzene ring substituents is 1. The van der Waals surface area contributed by atoms with Crippen molar-refractivity contribution in [2.24, 2.45) is 5.92 Å². The molecule has 0 bridgehead atoms. The van der Waals surface area contributed by atoms with Crippen LogP contribution in [0.25, 0.3) is 0 Å². The van der Waals surface area contributed by atoms with E-state index in [2.05, 4.69) is 20.5 Å². The Bertz CT molecular complexity index is 866. The van der Waals surface area contributed by atoms with Gasteiger partial charge in [-0.05, 0) is 55.6 Å². The minimum Gasteiger partial charge on any atom is -0.348 e. The SMILES string of the molecule is O=C(NCC1CCN(Cc2ccncc2)CC1)C(=O)Nc1cccc([N+](=O)[O-])c1. The van der Waals surface area contributed by atoms with Crippen LogP contribution in [0.1, 0.15) is 18.4 Å². The highest BCUT2D eigenvalue weighted by molar-refractivity contribution is 6.39. The molecule has 9 nitrogen and oxygen atoms in total. The van der Waals surface area contributed by atoms with Gasteiger partial charge in [0.25, 0.3) is 5.69 Å². The van der Waals surface area contributed by atoms with Crippen molar-refractivity contribution in [3.63, 3.8) is 0 Å². The number of hydrogen-bond donors (Lipinski definition) is 2. The van der Waals surface area contributed by atoms with Crippen molar-refractivity contribution in [1.29, 1.82) is 0 Å². The van der Waals surface area contributed by atoms with E-state index in [-0.39, 0.29) is 11.4 Å². The Labute approximate surface area is 168 Å². The molecule has 152 valence electrons. The van der Waals surface area contributed by atoms with E-state index in [1.807, 2.05) is 12.1 Å². The Morgan fingerprint density at radius 3 is 2.55 bits per heavy atom. The highest BCUT2D eigenvalue weighted by atomic mass is 16.6. The summed E-state index contributed by atoms with van der Waals surface area (Å²) in [7, 11) is 0.